The maximum atomic E-state index is 12.8. The minimum absolute atomic E-state index is 0.0510. The molecular formula is C18H16FN3O6. The number of rotatable bonds is 7. The van der Waals surface area contributed by atoms with Gasteiger partial charge in [0.15, 0.2) is 6.61 Å². The zero-order valence-electron chi connectivity index (χ0n) is 14.8. The van der Waals surface area contributed by atoms with E-state index in [1.807, 2.05) is 0 Å². The van der Waals surface area contributed by atoms with E-state index in [4.69, 9.17) is 4.74 Å². The molecule has 28 heavy (non-hydrogen) atoms. The lowest BCUT2D eigenvalue weighted by Crippen LogP contribution is -2.37. The van der Waals surface area contributed by atoms with Crippen molar-refractivity contribution in [3.8, 4) is 0 Å². The second-order valence-corrected chi connectivity index (χ2v) is 5.68. The van der Waals surface area contributed by atoms with E-state index in [2.05, 4.69) is 5.32 Å². The molecule has 0 saturated heterocycles. The third kappa shape index (κ3) is 5.87. The van der Waals surface area contributed by atoms with Crippen LogP contribution in [0.5, 0.6) is 0 Å². The minimum atomic E-state index is -0.826. The van der Waals surface area contributed by atoms with Gasteiger partial charge in [0.25, 0.3) is 11.6 Å². The van der Waals surface area contributed by atoms with Crippen molar-refractivity contribution in [2.75, 3.05) is 25.5 Å². The van der Waals surface area contributed by atoms with Gasteiger partial charge in [0.2, 0.25) is 5.91 Å². The summed E-state index contributed by atoms with van der Waals surface area (Å²) in [5.74, 6) is -2.40. The van der Waals surface area contributed by atoms with Crippen molar-refractivity contribution in [1.29, 1.82) is 0 Å². The van der Waals surface area contributed by atoms with Crippen LogP contribution in [0, 0.1) is 15.9 Å². The van der Waals surface area contributed by atoms with Crippen molar-refractivity contribution < 1.29 is 28.4 Å². The Morgan fingerprint density at radius 2 is 1.71 bits per heavy atom. The smallest absolute Gasteiger partial charge is 0.338 e. The number of carbonyl (C=O) groups is 3. The highest BCUT2D eigenvalue weighted by Gasteiger charge is 2.17. The van der Waals surface area contributed by atoms with Crippen molar-refractivity contribution in [2.45, 2.75) is 0 Å². The molecule has 0 bridgehead atoms. The van der Waals surface area contributed by atoms with Gasteiger partial charge in [-0.3, -0.25) is 19.7 Å². The summed E-state index contributed by atoms with van der Waals surface area (Å²) in [6, 6.07) is 9.83. The summed E-state index contributed by atoms with van der Waals surface area (Å²) in [6.45, 7) is -0.901. The molecule has 2 aromatic rings. The number of nitro groups is 1. The first-order valence-electron chi connectivity index (χ1n) is 7.97. The number of carbonyl (C=O) groups excluding carboxylic acids is 3. The first-order valence-corrected chi connectivity index (χ1v) is 7.97. The van der Waals surface area contributed by atoms with Crippen molar-refractivity contribution in [3.05, 3.63) is 70.0 Å². The molecule has 2 aromatic carbocycles. The van der Waals surface area contributed by atoms with E-state index < -0.39 is 35.1 Å². The van der Waals surface area contributed by atoms with Crippen LogP contribution in [-0.2, 0) is 14.3 Å². The molecule has 0 saturated carbocycles. The van der Waals surface area contributed by atoms with Crippen LogP contribution in [0.3, 0.4) is 0 Å². The molecule has 1 N–H and O–H groups in total. The highest BCUT2D eigenvalue weighted by Crippen LogP contribution is 2.12. The third-order valence-electron chi connectivity index (χ3n) is 3.58. The fourth-order valence-corrected chi connectivity index (χ4v) is 2.08. The van der Waals surface area contributed by atoms with E-state index in [9.17, 15) is 28.9 Å². The molecule has 0 aliphatic carbocycles. The number of ether oxygens (including phenoxy) is 1. The number of non-ortho nitro benzene ring substituents is 1. The van der Waals surface area contributed by atoms with Gasteiger partial charge < -0.3 is 15.0 Å². The summed E-state index contributed by atoms with van der Waals surface area (Å²) in [4.78, 5) is 46.8. The quantitative estimate of drug-likeness (QED) is 0.439. The van der Waals surface area contributed by atoms with Crippen molar-refractivity contribution >= 4 is 29.2 Å². The molecular weight excluding hydrogens is 373 g/mol. The lowest BCUT2D eigenvalue weighted by molar-refractivity contribution is -0.384. The van der Waals surface area contributed by atoms with Gasteiger partial charge in [0, 0.05) is 24.9 Å². The summed E-state index contributed by atoms with van der Waals surface area (Å²) < 4.78 is 17.7. The van der Waals surface area contributed by atoms with E-state index in [0.717, 1.165) is 17.0 Å². The molecule has 0 fully saturated rings. The average molecular weight is 389 g/mol. The number of esters is 1. The Labute approximate surface area is 158 Å². The Morgan fingerprint density at radius 3 is 2.29 bits per heavy atom. The number of nitrogens with one attached hydrogen (secondary N) is 1. The van der Waals surface area contributed by atoms with E-state index >= 15 is 0 Å². The van der Waals surface area contributed by atoms with Crippen LogP contribution < -0.4 is 5.32 Å². The molecule has 146 valence electrons. The molecule has 9 nitrogen and oxygen atoms in total. The first-order chi connectivity index (χ1) is 13.3. The van der Waals surface area contributed by atoms with Gasteiger partial charge in [-0.2, -0.15) is 0 Å². The number of anilines is 1. The molecule has 0 aliphatic rings. The fraction of sp³-hybridized carbons (Fsp3) is 0.167. The van der Waals surface area contributed by atoms with Gasteiger partial charge in [-0.25, -0.2) is 9.18 Å². The molecule has 0 spiro atoms. The Bertz CT molecular complexity index is 883. The maximum absolute atomic E-state index is 12.8. The van der Waals surface area contributed by atoms with Gasteiger partial charge in [-0.1, -0.05) is 0 Å². The van der Waals surface area contributed by atoms with Gasteiger partial charge in [0.1, 0.15) is 5.82 Å². The van der Waals surface area contributed by atoms with E-state index in [-0.39, 0.29) is 17.8 Å². The number of hydrogen-bond acceptors (Lipinski definition) is 6. The van der Waals surface area contributed by atoms with Crippen LogP contribution in [0.15, 0.2) is 48.5 Å². The van der Waals surface area contributed by atoms with Crippen molar-refractivity contribution in [2.24, 2.45) is 0 Å². The molecule has 0 aromatic heterocycles. The molecule has 0 atom stereocenters. The van der Waals surface area contributed by atoms with E-state index in [0.29, 0.717) is 5.69 Å². The number of likely N-dealkylation sites (N-methyl/N-ethyl adjacent to an activating group) is 1. The SMILES string of the molecule is CN(CC(=O)Nc1ccc(F)cc1)C(=O)COC(=O)c1ccc([N+](=O)[O-])cc1. The van der Waals surface area contributed by atoms with Crippen LogP contribution in [0.2, 0.25) is 0 Å². The predicted octanol–water partition coefficient (Wildman–Crippen LogP) is 1.99. The summed E-state index contributed by atoms with van der Waals surface area (Å²) in [5.41, 5.74) is 0.242. The van der Waals surface area contributed by atoms with Gasteiger partial charge >= 0.3 is 5.97 Å². The maximum Gasteiger partial charge on any atom is 0.338 e. The van der Waals surface area contributed by atoms with Gasteiger partial charge in [0.05, 0.1) is 17.0 Å². The first kappa shape index (κ1) is 20.5. The largest absolute Gasteiger partial charge is 0.452 e. The second kappa shape index (κ2) is 9.21. The van der Waals surface area contributed by atoms with Crippen molar-refractivity contribution in [3.63, 3.8) is 0 Å². The Balaban J connectivity index is 1.81. The Morgan fingerprint density at radius 1 is 1.11 bits per heavy atom. The lowest BCUT2D eigenvalue weighted by atomic mass is 10.2. The molecule has 10 heteroatoms. The number of amides is 2. The molecule has 0 unspecified atom stereocenters. The van der Waals surface area contributed by atoms with Gasteiger partial charge in [-0.05, 0) is 36.4 Å². The topological polar surface area (TPSA) is 119 Å². The summed E-state index contributed by atoms with van der Waals surface area (Å²) in [5, 5.41) is 13.1. The zero-order chi connectivity index (χ0) is 20.7. The number of nitrogens with zero attached hydrogens (tertiary/aromatic N) is 2. The molecule has 2 rings (SSSR count). The monoisotopic (exact) mass is 389 g/mol. The normalized spacial score (nSPS) is 10.1. The van der Waals surface area contributed by atoms with Crippen LogP contribution in [0.1, 0.15) is 10.4 Å². The van der Waals surface area contributed by atoms with Crippen LogP contribution in [-0.4, -0.2) is 47.8 Å². The molecule has 0 aliphatic heterocycles. The van der Waals surface area contributed by atoms with E-state index in [1.54, 1.807) is 0 Å². The number of nitro benzene ring substituents is 1. The average Bonchev–Trinajstić information content (AvgIpc) is 2.67. The number of benzene rings is 2. The molecule has 0 heterocycles. The third-order valence-corrected chi connectivity index (χ3v) is 3.58. The molecule has 2 amide bonds. The van der Waals surface area contributed by atoms with Gasteiger partial charge in [-0.15, -0.1) is 0 Å². The van der Waals surface area contributed by atoms with E-state index in [1.165, 1.54) is 43.4 Å². The summed E-state index contributed by atoms with van der Waals surface area (Å²) in [6.07, 6.45) is 0. The minimum Gasteiger partial charge on any atom is -0.452 e. The lowest BCUT2D eigenvalue weighted by Gasteiger charge is -2.16. The molecule has 0 radical (unpaired) electrons. The Kier molecular flexibility index (Phi) is 6.74. The zero-order valence-corrected chi connectivity index (χ0v) is 14.8. The van der Waals surface area contributed by atoms with Crippen LogP contribution in [0.4, 0.5) is 15.8 Å². The van der Waals surface area contributed by atoms with Crippen LogP contribution >= 0.6 is 0 Å². The Hall–Kier alpha value is -3.82. The summed E-state index contributed by atoms with van der Waals surface area (Å²) >= 11 is 0. The second-order valence-electron chi connectivity index (χ2n) is 5.68. The highest BCUT2D eigenvalue weighted by atomic mass is 19.1. The highest BCUT2D eigenvalue weighted by molar-refractivity contribution is 5.95. The number of halogens is 1. The standard InChI is InChI=1S/C18H16FN3O6/c1-21(10-16(23)20-14-6-4-13(19)5-7-14)17(24)11-28-18(25)12-2-8-15(9-3-12)22(26)27/h2-9H,10-11H2,1H3,(H,20,23). The number of hydrogen-bond donors (Lipinski definition) is 1. The fourth-order valence-electron chi connectivity index (χ4n) is 2.08. The predicted molar refractivity (Wildman–Crippen MR) is 96.0 cm³/mol. The van der Waals surface area contributed by atoms with Crippen LogP contribution in [0.25, 0.3) is 0 Å². The van der Waals surface area contributed by atoms with Crippen molar-refractivity contribution in [1.82, 2.24) is 4.90 Å². The summed E-state index contributed by atoms with van der Waals surface area (Å²) in [7, 11) is 1.35.